The lowest BCUT2D eigenvalue weighted by molar-refractivity contribution is -0.143. The molecule has 0 aliphatic carbocycles. The van der Waals surface area contributed by atoms with Crippen molar-refractivity contribution in [3.8, 4) is 5.75 Å². The van der Waals surface area contributed by atoms with Crippen molar-refractivity contribution >= 4 is 29.1 Å². The number of halogens is 1. The van der Waals surface area contributed by atoms with Crippen molar-refractivity contribution in [2.75, 3.05) is 7.11 Å². The number of rotatable bonds is 4. The Balaban J connectivity index is 2.24. The highest BCUT2D eigenvalue weighted by Gasteiger charge is 2.40. The van der Waals surface area contributed by atoms with Gasteiger partial charge in [0.25, 0.3) is 0 Å². The minimum Gasteiger partial charge on any atom is -0.496 e. The minimum atomic E-state index is -0.829. The molecular weight excluding hydrogens is 356 g/mol. The molecule has 0 saturated heterocycles. The zero-order valence-corrected chi connectivity index (χ0v) is 15.3. The molecule has 6 heteroatoms. The van der Waals surface area contributed by atoms with Gasteiger partial charge in [-0.1, -0.05) is 41.9 Å². The van der Waals surface area contributed by atoms with Gasteiger partial charge in [0.2, 0.25) is 0 Å². The van der Waals surface area contributed by atoms with E-state index < -0.39 is 18.0 Å². The predicted octanol–water partition coefficient (Wildman–Crippen LogP) is 4.23. The van der Waals surface area contributed by atoms with Crippen LogP contribution >= 0.6 is 11.6 Å². The Bertz CT molecular complexity index is 902. The van der Waals surface area contributed by atoms with Gasteiger partial charge in [-0.25, -0.2) is 4.79 Å². The lowest BCUT2D eigenvalue weighted by atomic mass is 9.99. The molecule has 2 aromatic rings. The maximum atomic E-state index is 12.7. The molecule has 3 rings (SSSR count). The second-order valence-corrected chi connectivity index (χ2v) is 6.26. The lowest BCUT2D eigenvalue weighted by Gasteiger charge is -2.14. The smallest absolute Gasteiger partial charge is 0.343 e. The Morgan fingerprint density at radius 1 is 1.19 bits per heavy atom. The SMILES string of the molecule is COc1cc(C)cc(Cl)c1C1=C(OC(C)=O)C(c2ccccc2)OC1=O. The van der Waals surface area contributed by atoms with Crippen molar-refractivity contribution in [1.29, 1.82) is 0 Å². The van der Waals surface area contributed by atoms with Crippen LogP contribution in [-0.4, -0.2) is 19.0 Å². The number of benzene rings is 2. The van der Waals surface area contributed by atoms with Crippen molar-refractivity contribution in [3.63, 3.8) is 0 Å². The Morgan fingerprint density at radius 2 is 1.88 bits per heavy atom. The highest BCUT2D eigenvalue weighted by molar-refractivity contribution is 6.35. The molecule has 134 valence electrons. The molecule has 1 aliphatic rings. The van der Waals surface area contributed by atoms with Gasteiger partial charge in [0.15, 0.2) is 11.9 Å². The van der Waals surface area contributed by atoms with Crippen LogP contribution in [0.25, 0.3) is 5.57 Å². The van der Waals surface area contributed by atoms with Gasteiger partial charge in [-0.15, -0.1) is 0 Å². The average Bonchev–Trinajstić information content (AvgIpc) is 2.90. The van der Waals surface area contributed by atoms with Crippen LogP contribution in [0.2, 0.25) is 5.02 Å². The molecule has 1 unspecified atom stereocenters. The summed E-state index contributed by atoms with van der Waals surface area (Å²) in [6, 6.07) is 12.5. The van der Waals surface area contributed by atoms with E-state index in [9.17, 15) is 9.59 Å². The van der Waals surface area contributed by atoms with Gasteiger partial charge in [-0.3, -0.25) is 4.79 Å². The average molecular weight is 373 g/mol. The highest BCUT2D eigenvalue weighted by atomic mass is 35.5. The maximum Gasteiger partial charge on any atom is 0.343 e. The van der Waals surface area contributed by atoms with E-state index in [2.05, 4.69) is 0 Å². The van der Waals surface area contributed by atoms with Crippen LogP contribution in [0.5, 0.6) is 5.75 Å². The third-order valence-electron chi connectivity index (χ3n) is 3.94. The number of hydrogen-bond acceptors (Lipinski definition) is 5. The summed E-state index contributed by atoms with van der Waals surface area (Å²) in [5.74, 6) is -0.670. The van der Waals surface area contributed by atoms with Crippen molar-refractivity contribution in [2.45, 2.75) is 20.0 Å². The Morgan fingerprint density at radius 3 is 2.50 bits per heavy atom. The molecule has 1 aliphatic heterocycles. The number of esters is 2. The van der Waals surface area contributed by atoms with E-state index in [1.165, 1.54) is 14.0 Å². The molecule has 2 aromatic carbocycles. The van der Waals surface area contributed by atoms with Gasteiger partial charge in [-0.05, 0) is 24.6 Å². The van der Waals surface area contributed by atoms with Crippen LogP contribution in [0.15, 0.2) is 48.2 Å². The third kappa shape index (κ3) is 3.30. The fourth-order valence-corrected chi connectivity index (χ4v) is 3.26. The van der Waals surface area contributed by atoms with Gasteiger partial charge in [0.05, 0.1) is 17.7 Å². The second kappa shape index (κ2) is 7.22. The molecule has 0 bridgehead atoms. The summed E-state index contributed by atoms with van der Waals surface area (Å²) >= 11 is 6.39. The summed E-state index contributed by atoms with van der Waals surface area (Å²) in [5.41, 5.74) is 2.00. The number of aryl methyl sites for hydroxylation is 1. The molecule has 5 nitrogen and oxygen atoms in total. The topological polar surface area (TPSA) is 61.8 Å². The predicted molar refractivity (Wildman–Crippen MR) is 96.7 cm³/mol. The van der Waals surface area contributed by atoms with Gasteiger partial charge < -0.3 is 14.2 Å². The Hall–Kier alpha value is -2.79. The van der Waals surface area contributed by atoms with E-state index in [0.29, 0.717) is 21.9 Å². The zero-order chi connectivity index (χ0) is 18.8. The molecule has 26 heavy (non-hydrogen) atoms. The summed E-state index contributed by atoms with van der Waals surface area (Å²) in [4.78, 5) is 24.3. The van der Waals surface area contributed by atoms with Gasteiger partial charge in [-0.2, -0.15) is 0 Å². The van der Waals surface area contributed by atoms with Crippen LogP contribution in [0.1, 0.15) is 29.7 Å². The maximum absolute atomic E-state index is 12.7. The van der Waals surface area contributed by atoms with Crippen LogP contribution in [-0.2, 0) is 19.1 Å². The summed E-state index contributed by atoms with van der Waals surface area (Å²) < 4.78 is 16.3. The zero-order valence-electron chi connectivity index (χ0n) is 14.5. The number of carbonyl (C=O) groups is 2. The largest absolute Gasteiger partial charge is 0.496 e. The number of ether oxygens (including phenoxy) is 3. The first-order chi connectivity index (χ1) is 12.4. The van der Waals surface area contributed by atoms with E-state index in [1.807, 2.05) is 25.1 Å². The van der Waals surface area contributed by atoms with Crippen molar-refractivity contribution in [1.82, 2.24) is 0 Å². The monoisotopic (exact) mass is 372 g/mol. The first-order valence-corrected chi connectivity index (χ1v) is 8.33. The van der Waals surface area contributed by atoms with E-state index in [-0.39, 0.29) is 11.3 Å². The molecule has 0 saturated carbocycles. The molecule has 0 fully saturated rings. The van der Waals surface area contributed by atoms with Gasteiger partial charge in [0, 0.05) is 12.5 Å². The molecular formula is C20H17ClO5. The molecule has 0 N–H and O–H groups in total. The summed E-state index contributed by atoms with van der Waals surface area (Å²) in [6.07, 6.45) is -0.829. The Kier molecular flexibility index (Phi) is 5.00. The number of carbonyl (C=O) groups excluding carboxylic acids is 2. The summed E-state index contributed by atoms with van der Waals surface area (Å²) in [6.45, 7) is 3.13. The fourth-order valence-electron chi connectivity index (χ4n) is 2.90. The van der Waals surface area contributed by atoms with E-state index in [1.54, 1.807) is 24.3 Å². The standard InChI is InChI=1S/C20H17ClO5/c1-11-9-14(21)16(15(10-11)24-3)17-19(25-12(2)22)18(26-20(17)23)13-7-5-4-6-8-13/h4-10,18H,1-3H3. The number of hydrogen-bond donors (Lipinski definition) is 0. The van der Waals surface area contributed by atoms with Gasteiger partial charge >= 0.3 is 11.9 Å². The molecule has 1 atom stereocenters. The van der Waals surface area contributed by atoms with E-state index in [4.69, 9.17) is 25.8 Å². The molecule has 0 amide bonds. The first-order valence-electron chi connectivity index (χ1n) is 7.95. The van der Waals surface area contributed by atoms with Crippen LogP contribution < -0.4 is 4.74 Å². The van der Waals surface area contributed by atoms with E-state index in [0.717, 1.165) is 5.56 Å². The Labute approximate surface area is 156 Å². The lowest BCUT2D eigenvalue weighted by Crippen LogP contribution is -2.07. The van der Waals surface area contributed by atoms with Crippen molar-refractivity contribution in [2.24, 2.45) is 0 Å². The van der Waals surface area contributed by atoms with Crippen molar-refractivity contribution < 1.29 is 23.8 Å². The minimum absolute atomic E-state index is 0.0934. The summed E-state index contributed by atoms with van der Waals surface area (Å²) in [5, 5.41) is 0.312. The molecule has 1 heterocycles. The van der Waals surface area contributed by atoms with E-state index >= 15 is 0 Å². The highest BCUT2D eigenvalue weighted by Crippen LogP contribution is 2.45. The first kappa shape index (κ1) is 18.0. The molecule has 0 aromatic heterocycles. The second-order valence-electron chi connectivity index (χ2n) is 5.85. The van der Waals surface area contributed by atoms with Crippen LogP contribution in [0, 0.1) is 6.92 Å². The fraction of sp³-hybridized carbons (Fsp3) is 0.200. The van der Waals surface area contributed by atoms with Crippen LogP contribution in [0.4, 0.5) is 0 Å². The molecule has 0 spiro atoms. The number of cyclic esters (lactones) is 1. The van der Waals surface area contributed by atoms with Gasteiger partial charge in [0.1, 0.15) is 11.3 Å². The quantitative estimate of drug-likeness (QED) is 0.751. The van der Waals surface area contributed by atoms with Crippen LogP contribution in [0.3, 0.4) is 0 Å². The number of methoxy groups -OCH3 is 1. The third-order valence-corrected chi connectivity index (χ3v) is 4.24. The molecule has 0 radical (unpaired) electrons. The normalized spacial score (nSPS) is 16.5. The van der Waals surface area contributed by atoms with Crippen molar-refractivity contribution in [3.05, 3.63) is 69.9 Å². The summed E-state index contributed by atoms with van der Waals surface area (Å²) in [7, 11) is 1.48.